The number of hydrogen-bond acceptors (Lipinski definition) is 2. The van der Waals surface area contributed by atoms with Crippen LogP contribution in [0.1, 0.15) is 59.8 Å². The Kier molecular flexibility index (Phi) is 10.4. The van der Waals surface area contributed by atoms with Gasteiger partial charge in [0.25, 0.3) is 0 Å². The highest BCUT2D eigenvalue weighted by Gasteiger charge is 2.34. The molecule has 0 heterocycles. The van der Waals surface area contributed by atoms with Gasteiger partial charge in [0, 0.05) is 13.2 Å². The Labute approximate surface area is 103 Å². The molecule has 0 saturated carbocycles. The maximum absolute atomic E-state index is 6.12. The van der Waals surface area contributed by atoms with Crippen molar-refractivity contribution >= 4 is 8.56 Å². The summed E-state index contributed by atoms with van der Waals surface area (Å²) in [6.45, 7) is 10.6. The molecule has 0 N–H and O–H groups in total. The lowest BCUT2D eigenvalue weighted by atomic mass is 10.4. The molecule has 16 heavy (non-hydrogen) atoms. The van der Waals surface area contributed by atoms with Crippen LogP contribution in [-0.4, -0.2) is 21.8 Å². The van der Waals surface area contributed by atoms with Gasteiger partial charge in [-0.1, -0.05) is 47.0 Å². The number of hydrogen-bond donors (Lipinski definition) is 0. The summed E-state index contributed by atoms with van der Waals surface area (Å²) in [6.07, 6.45) is 5.91. The largest absolute Gasteiger partial charge is 0.394 e. The van der Waals surface area contributed by atoms with Crippen molar-refractivity contribution < 1.29 is 8.85 Å². The first-order chi connectivity index (χ1) is 7.74. The zero-order valence-electron chi connectivity index (χ0n) is 11.7. The molecule has 98 valence electrons. The second-order valence-corrected chi connectivity index (χ2v) is 8.02. The summed E-state index contributed by atoms with van der Waals surface area (Å²) >= 11 is 0. The molecule has 0 bridgehead atoms. The maximum atomic E-state index is 6.12. The molecule has 0 rings (SSSR count). The van der Waals surface area contributed by atoms with Crippen molar-refractivity contribution in [2.75, 3.05) is 13.2 Å². The average molecular weight is 246 g/mol. The lowest BCUT2D eigenvalue weighted by molar-refractivity contribution is 0.163. The monoisotopic (exact) mass is 246 g/mol. The molecule has 0 spiro atoms. The first-order valence-electron chi connectivity index (χ1n) is 7.02. The van der Waals surface area contributed by atoms with Crippen LogP contribution >= 0.6 is 0 Å². The second kappa shape index (κ2) is 10.3. The Morgan fingerprint density at radius 2 is 1.25 bits per heavy atom. The van der Waals surface area contributed by atoms with E-state index in [-0.39, 0.29) is 0 Å². The van der Waals surface area contributed by atoms with Crippen molar-refractivity contribution in [2.45, 2.75) is 71.9 Å². The topological polar surface area (TPSA) is 18.5 Å². The van der Waals surface area contributed by atoms with E-state index in [9.17, 15) is 0 Å². The Bertz CT molecular complexity index is 141. The van der Waals surface area contributed by atoms with E-state index in [4.69, 9.17) is 8.85 Å². The van der Waals surface area contributed by atoms with Gasteiger partial charge in [-0.2, -0.15) is 0 Å². The molecule has 0 atom stereocenters. The van der Waals surface area contributed by atoms with Crippen LogP contribution in [0.3, 0.4) is 0 Å². The van der Waals surface area contributed by atoms with E-state index in [1.807, 2.05) is 0 Å². The summed E-state index contributed by atoms with van der Waals surface area (Å²) in [6, 6.07) is 2.24. The van der Waals surface area contributed by atoms with Crippen molar-refractivity contribution in [3.63, 3.8) is 0 Å². The second-order valence-electron chi connectivity index (χ2n) is 4.42. The highest BCUT2D eigenvalue weighted by Crippen LogP contribution is 2.21. The third-order valence-electron chi connectivity index (χ3n) is 2.90. The molecule has 3 heteroatoms. The molecule has 0 aliphatic heterocycles. The summed E-state index contributed by atoms with van der Waals surface area (Å²) in [5.41, 5.74) is 0. The third-order valence-corrected chi connectivity index (χ3v) is 6.70. The minimum atomic E-state index is -1.84. The van der Waals surface area contributed by atoms with E-state index in [2.05, 4.69) is 27.7 Å². The minimum absolute atomic E-state index is 0.892. The Hall–Kier alpha value is 0.137. The van der Waals surface area contributed by atoms with E-state index < -0.39 is 8.56 Å². The zero-order valence-corrected chi connectivity index (χ0v) is 12.7. The van der Waals surface area contributed by atoms with Crippen LogP contribution in [0, 0.1) is 0 Å². The van der Waals surface area contributed by atoms with Crippen molar-refractivity contribution in [2.24, 2.45) is 0 Å². The molecule has 0 radical (unpaired) electrons. The van der Waals surface area contributed by atoms with Crippen LogP contribution in [0.15, 0.2) is 0 Å². The van der Waals surface area contributed by atoms with Crippen LogP contribution in [0.25, 0.3) is 0 Å². The van der Waals surface area contributed by atoms with Crippen LogP contribution < -0.4 is 0 Å². The molecular formula is C13H30O2Si. The molecule has 2 nitrogen and oxygen atoms in total. The normalized spacial score (nSPS) is 12.0. The van der Waals surface area contributed by atoms with Gasteiger partial charge in [0.15, 0.2) is 0 Å². The summed E-state index contributed by atoms with van der Waals surface area (Å²) in [5.74, 6) is 0. The van der Waals surface area contributed by atoms with Gasteiger partial charge in [0.2, 0.25) is 0 Å². The summed E-state index contributed by atoms with van der Waals surface area (Å²) < 4.78 is 12.2. The highest BCUT2D eigenvalue weighted by atomic mass is 28.4. The minimum Gasteiger partial charge on any atom is -0.394 e. The fraction of sp³-hybridized carbons (Fsp3) is 1.00. The fourth-order valence-corrected chi connectivity index (χ4v) is 4.68. The SMILES string of the molecule is CCCCO[Si](CC)(CCC)OCCCC. The van der Waals surface area contributed by atoms with E-state index in [0.717, 1.165) is 38.1 Å². The molecule has 0 aromatic carbocycles. The van der Waals surface area contributed by atoms with E-state index in [0.29, 0.717) is 0 Å². The van der Waals surface area contributed by atoms with E-state index in [1.54, 1.807) is 0 Å². The molecule has 0 aliphatic rings. The molecule has 0 aromatic heterocycles. The van der Waals surface area contributed by atoms with Crippen LogP contribution in [-0.2, 0) is 8.85 Å². The predicted molar refractivity (Wildman–Crippen MR) is 73.1 cm³/mol. The Morgan fingerprint density at radius 3 is 1.56 bits per heavy atom. The Balaban J connectivity index is 4.09. The number of rotatable bonds is 11. The van der Waals surface area contributed by atoms with Gasteiger partial charge in [0.05, 0.1) is 0 Å². The summed E-state index contributed by atoms with van der Waals surface area (Å²) in [4.78, 5) is 0. The van der Waals surface area contributed by atoms with Crippen LogP contribution in [0.2, 0.25) is 12.1 Å². The third kappa shape index (κ3) is 6.66. The molecule has 0 saturated heterocycles. The molecule has 0 aromatic rings. The van der Waals surface area contributed by atoms with Crippen molar-refractivity contribution in [3.05, 3.63) is 0 Å². The maximum Gasteiger partial charge on any atom is 0.337 e. The van der Waals surface area contributed by atoms with Gasteiger partial charge in [-0.05, 0) is 24.9 Å². The van der Waals surface area contributed by atoms with Crippen molar-refractivity contribution in [3.8, 4) is 0 Å². The quantitative estimate of drug-likeness (QED) is 0.395. The van der Waals surface area contributed by atoms with Gasteiger partial charge in [0.1, 0.15) is 0 Å². The lowest BCUT2D eigenvalue weighted by Gasteiger charge is -2.29. The summed E-state index contributed by atoms with van der Waals surface area (Å²) in [7, 11) is -1.84. The van der Waals surface area contributed by atoms with Gasteiger partial charge in [-0.25, -0.2) is 0 Å². The highest BCUT2D eigenvalue weighted by molar-refractivity contribution is 6.67. The average Bonchev–Trinajstić information content (AvgIpc) is 2.29. The smallest absolute Gasteiger partial charge is 0.337 e. The standard InChI is InChI=1S/C13H30O2Si/c1-5-9-11-14-16(8-4,13-7-3)15-12-10-6-2/h5-13H2,1-4H3. The fourth-order valence-electron chi connectivity index (χ4n) is 1.75. The molecule has 0 unspecified atom stereocenters. The van der Waals surface area contributed by atoms with Crippen molar-refractivity contribution in [1.82, 2.24) is 0 Å². The number of unbranched alkanes of at least 4 members (excludes halogenated alkanes) is 2. The Morgan fingerprint density at radius 1 is 0.750 bits per heavy atom. The lowest BCUT2D eigenvalue weighted by Crippen LogP contribution is -2.42. The zero-order chi connectivity index (χ0) is 12.3. The molecule has 0 aliphatic carbocycles. The first kappa shape index (κ1) is 16.1. The van der Waals surface area contributed by atoms with E-state index >= 15 is 0 Å². The van der Waals surface area contributed by atoms with Crippen molar-refractivity contribution in [1.29, 1.82) is 0 Å². The predicted octanol–water partition coefficient (Wildman–Crippen LogP) is 4.49. The summed E-state index contributed by atoms with van der Waals surface area (Å²) in [5, 5.41) is 0. The van der Waals surface area contributed by atoms with Gasteiger partial charge < -0.3 is 8.85 Å². The molecular weight excluding hydrogens is 216 g/mol. The van der Waals surface area contributed by atoms with Gasteiger partial charge >= 0.3 is 8.56 Å². The van der Waals surface area contributed by atoms with Gasteiger partial charge in [-0.3, -0.25) is 0 Å². The molecule has 0 fully saturated rings. The van der Waals surface area contributed by atoms with Crippen LogP contribution in [0.4, 0.5) is 0 Å². The van der Waals surface area contributed by atoms with E-state index in [1.165, 1.54) is 19.3 Å². The first-order valence-corrected chi connectivity index (χ1v) is 9.25. The van der Waals surface area contributed by atoms with Crippen LogP contribution in [0.5, 0.6) is 0 Å². The molecule has 0 amide bonds. The van der Waals surface area contributed by atoms with Gasteiger partial charge in [-0.15, -0.1) is 0 Å².